The van der Waals surface area contributed by atoms with Crippen molar-refractivity contribution >= 4 is 16.8 Å². The van der Waals surface area contributed by atoms with Crippen LogP contribution in [0.15, 0.2) is 60.8 Å². The fourth-order valence-electron chi connectivity index (χ4n) is 2.38. The number of pyridine rings is 1. The van der Waals surface area contributed by atoms with Crippen molar-refractivity contribution < 1.29 is 13.9 Å². The molecule has 0 bridgehead atoms. The summed E-state index contributed by atoms with van der Waals surface area (Å²) in [6.07, 6.45) is 2.37. The smallest absolute Gasteiger partial charge is 0.251 e. The van der Waals surface area contributed by atoms with E-state index in [-0.39, 0.29) is 5.91 Å². The first-order chi connectivity index (χ1) is 11.7. The van der Waals surface area contributed by atoms with Crippen molar-refractivity contribution in [2.75, 3.05) is 13.2 Å². The summed E-state index contributed by atoms with van der Waals surface area (Å²) in [5.41, 5.74) is 1.14. The number of benzene rings is 2. The summed E-state index contributed by atoms with van der Waals surface area (Å²) in [7, 11) is 0. The number of rotatable bonds is 6. The number of nitrogens with zero attached hydrogens (tertiary/aromatic N) is 1. The Morgan fingerprint density at radius 1 is 1.12 bits per heavy atom. The maximum atomic E-state index is 13.1. The molecule has 4 nitrogen and oxygen atoms in total. The van der Waals surface area contributed by atoms with Crippen LogP contribution in [0, 0.1) is 5.82 Å². The Bertz CT molecular complexity index is 846. The van der Waals surface area contributed by atoms with E-state index in [9.17, 15) is 9.18 Å². The van der Waals surface area contributed by atoms with Crippen molar-refractivity contribution in [3.8, 4) is 5.75 Å². The minimum atomic E-state index is -0.422. The van der Waals surface area contributed by atoms with Crippen molar-refractivity contribution in [3.05, 3.63) is 72.2 Å². The number of aromatic nitrogens is 1. The Hall–Kier alpha value is -2.95. The zero-order chi connectivity index (χ0) is 16.8. The Balaban J connectivity index is 1.48. The third-order valence-corrected chi connectivity index (χ3v) is 3.55. The van der Waals surface area contributed by atoms with Gasteiger partial charge in [0.25, 0.3) is 5.91 Å². The number of hydrogen-bond acceptors (Lipinski definition) is 3. The molecule has 0 aliphatic heterocycles. The number of hydrogen-bond donors (Lipinski definition) is 1. The van der Waals surface area contributed by atoms with Crippen LogP contribution in [-0.4, -0.2) is 24.0 Å². The highest BCUT2D eigenvalue weighted by Crippen LogP contribution is 2.22. The third kappa shape index (κ3) is 3.87. The summed E-state index contributed by atoms with van der Waals surface area (Å²) in [4.78, 5) is 16.2. The van der Waals surface area contributed by atoms with E-state index in [0.29, 0.717) is 25.1 Å². The average molecular weight is 324 g/mol. The van der Waals surface area contributed by atoms with Crippen molar-refractivity contribution in [3.63, 3.8) is 0 Å². The molecule has 1 aromatic heterocycles. The molecular formula is C19H17FN2O2. The minimum absolute atomic E-state index is 0.290. The standard InChI is InChI=1S/C19H17FN2O2/c20-16-8-1-6-15(13-16)19(23)22-11-4-12-24-17-9-2-5-14-7-3-10-21-18(14)17/h1-3,5-10,13H,4,11-12H2,(H,22,23). The van der Waals surface area contributed by atoms with E-state index < -0.39 is 5.82 Å². The maximum Gasteiger partial charge on any atom is 0.251 e. The third-order valence-electron chi connectivity index (χ3n) is 3.55. The van der Waals surface area contributed by atoms with Crippen LogP contribution in [0.5, 0.6) is 5.75 Å². The number of fused-ring (bicyclic) bond motifs is 1. The highest BCUT2D eigenvalue weighted by atomic mass is 19.1. The Kier molecular flexibility index (Phi) is 5.01. The molecule has 0 fully saturated rings. The first-order valence-corrected chi connectivity index (χ1v) is 7.74. The van der Waals surface area contributed by atoms with Crippen molar-refractivity contribution in [1.29, 1.82) is 0 Å². The monoisotopic (exact) mass is 324 g/mol. The fourth-order valence-corrected chi connectivity index (χ4v) is 2.38. The first-order valence-electron chi connectivity index (χ1n) is 7.74. The van der Waals surface area contributed by atoms with Gasteiger partial charge in [-0.25, -0.2) is 4.39 Å². The molecule has 24 heavy (non-hydrogen) atoms. The van der Waals surface area contributed by atoms with Crippen LogP contribution in [0.4, 0.5) is 4.39 Å². The summed E-state index contributed by atoms with van der Waals surface area (Å²) in [5, 5.41) is 3.77. The fraction of sp³-hybridized carbons (Fsp3) is 0.158. The van der Waals surface area contributed by atoms with Gasteiger partial charge in [0.1, 0.15) is 17.1 Å². The van der Waals surface area contributed by atoms with E-state index in [4.69, 9.17) is 4.74 Å². The summed E-state index contributed by atoms with van der Waals surface area (Å²) < 4.78 is 18.8. The zero-order valence-electron chi connectivity index (χ0n) is 13.0. The highest BCUT2D eigenvalue weighted by Gasteiger charge is 2.06. The molecule has 1 N–H and O–H groups in total. The molecule has 0 radical (unpaired) electrons. The topological polar surface area (TPSA) is 51.2 Å². The molecule has 0 atom stereocenters. The van der Waals surface area contributed by atoms with Gasteiger partial charge in [0.2, 0.25) is 0 Å². The summed E-state index contributed by atoms with van der Waals surface area (Å²) in [6.45, 7) is 0.909. The number of carbonyl (C=O) groups is 1. The number of ether oxygens (including phenoxy) is 1. The number of para-hydroxylation sites is 1. The molecule has 0 saturated carbocycles. The molecule has 0 aliphatic carbocycles. The van der Waals surface area contributed by atoms with E-state index in [0.717, 1.165) is 16.7 Å². The normalized spacial score (nSPS) is 10.5. The van der Waals surface area contributed by atoms with Gasteiger partial charge in [-0.05, 0) is 36.8 Å². The van der Waals surface area contributed by atoms with Gasteiger partial charge < -0.3 is 10.1 Å². The highest BCUT2D eigenvalue weighted by molar-refractivity contribution is 5.94. The van der Waals surface area contributed by atoms with Crippen LogP contribution in [-0.2, 0) is 0 Å². The van der Waals surface area contributed by atoms with E-state index >= 15 is 0 Å². The van der Waals surface area contributed by atoms with Crippen LogP contribution in [0.3, 0.4) is 0 Å². The summed E-state index contributed by atoms with van der Waals surface area (Å²) in [5.74, 6) is 0.0142. The number of carbonyl (C=O) groups excluding carboxylic acids is 1. The van der Waals surface area contributed by atoms with E-state index in [2.05, 4.69) is 10.3 Å². The van der Waals surface area contributed by atoms with Crippen LogP contribution >= 0.6 is 0 Å². The van der Waals surface area contributed by atoms with E-state index in [1.165, 1.54) is 18.2 Å². The second-order valence-corrected chi connectivity index (χ2v) is 5.30. The number of halogens is 1. The second-order valence-electron chi connectivity index (χ2n) is 5.30. The molecule has 3 rings (SSSR count). The van der Waals surface area contributed by atoms with Crippen LogP contribution in [0.2, 0.25) is 0 Å². The summed E-state index contributed by atoms with van der Waals surface area (Å²) >= 11 is 0. The van der Waals surface area contributed by atoms with Gasteiger partial charge in [-0.15, -0.1) is 0 Å². The molecule has 0 saturated heterocycles. The lowest BCUT2D eigenvalue weighted by molar-refractivity contribution is 0.0951. The van der Waals surface area contributed by atoms with E-state index in [1.54, 1.807) is 12.3 Å². The lowest BCUT2D eigenvalue weighted by Crippen LogP contribution is -2.25. The second kappa shape index (κ2) is 7.55. The molecule has 5 heteroatoms. The lowest BCUT2D eigenvalue weighted by atomic mass is 10.2. The van der Waals surface area contributed by atoms with Crippen molar-refractivity contribution in [2.24, 2.45) is 0 Å². The molecule has 1 amide bonds. The Labute approximate surface area is 139 Å². The quantitative estimate of drug-likeness (QED) is 0.705. The van der Waals surface area contributed by atoms with Crippen LogP contribution < -0.4 is 10.1 Å². The van der Waals surface area contributed by atoms with Crippen molar-refractivity contribution in [2.45, 2.75) is 6.42 Å². The average Bonchev–Trinajstić information content (AvgIpc) is 2.61. The van der Waals surface area contributed by atoms with Gasteiger partial charge in [0.05, 0.1) is 6.61 Å². The van der Waals surface area contributed by atoms with Crippen LogP contribution in [0.25, 0.3) is 10.9 Å². The lowest BCUT2D eigenvalue weighted by Gasteiger charge is -2.09. The van der Waals surface area contributed by atoms with E-state index in [1.807, 2.05) is 30.3 Å². The van der Waals surface area contributed by atoms with Gasteiger partial charge in [0, 0.05) is 23.7 Å². The predicted octanol–water partition coefficient (Wildman–Crippen LogP) is 3.57. The van der Waals surface area contributed by atoms with Crippen LogP contribution in [0.1, 0.15) is 16.8 Å². The van der Waals surface area contributed by atoms with Gasteiger partial charge in [-0.1, -0.05) is 24.3 Å². The van der Waals surface area contributed by atoms with Gasteiger partial charge in [-0.3, -0.25) is 9.78 Å². The Morgan fingerprint density at radius 2 is 1.96 bits per heavy atom. The number of nitrogens with one attached hydrogen (secondary N) is 1. The molecular weight excluding hydrogens is 307 g/mol. The summed E-state index contributed by atoms with van der Waals surface area (Å²) in [6, 6.07) is 15.3. The largest absolute Gasteiger partial charge is 0.491 e. The molecule has 2 aromatic carbocycles. The number of amides is 1. The molecule has 0 spiro atoms. The molecule has 0 unspecified atom stereocenters. The van der Waals surface area contributed by atoms with Gasteiger partial charge >= 0.3 is 0 Å². The molecule has 0 aliphatic rings. The van der Waals surface area contributed by atoms with Gasteiger partial charge in [-0.2, -0.15) is 0 Å². The first kappa shape index (κ1) is 15.9. The maximum absolute atomic E-state index is 13.1. The SMILES string of the molecule is O=C(NCCCOc1cccc2cccnc12)c1cccc(F)c1. The molecule has 3 aromatic rings. The zero-order valence-corrected chi connectivity index (χ0v) is 13.0. The van der Waals surface area contributed by atoms with Gasteiger partial charge in [0.15, 0.2) is 0 Å². The predicted molar refractivity (Wildman–Crippen MR) is 90.6 cm³/mol. The minimum Gasteiger partial charge on any atom is -0.491 e. The van der Waals surface area contributed by atoms with Crippen molar-refractivity contribution in [1.82, 2.24) is 10.3 Å². The Morgan fingerprint density at radius 3 is 2.83 bits per heavy atom. The molecule has 122 valence electrons. The molecule has 1 heterocycles.